The standard InChI is InChI=1S/C9H16O2/c1-7(2)6-8(3)4-5-9(10)11/h8H,1,4-6H2,2-3H3,(H,10,11). The Morgan fingerprint density at radius 1 is 1.64 bits per heavy atom. The maximum Gasteiger partial charge on any atom is 0.303 e. The predicted octanol–water partition coefficient (Wildman–Crippen LogP) is 2.45. The van der Waals surface area contributed by atoms with Crippen molar-refractivity contribution in [1.29, 1.82) is 0 Å². The molecule has 0 radical (unpaired) electrons. The highest BCUT2D eigenvalue weighted by atomic mass is 16.4. The Kier molecular flexibility index (Phi) is 4.59. The molecule has 2 nitrogen and oxygen atoms in total. The smallest absolute Gasteiger partial charge is 0.303 e. The van der Waals surface area contributed by atoms with Crippen LogP contribution in [-0.4, -0.2) is 11.1 Å². The van der Waals surface area contributed by atoms with Gasteiger partial charge in [0.25, 0.3) is 0 Å². The molecule has 0 fully saturated rings. The fourth-order valence-electron chi connectivity index (χ4n) is 1.07. The van der Waals surface area contributed by atoms with Gasteiger partial charge in [0, 0.05) is 6.42 Å². The molecule has 0 aliphatic carbocycles. The summed E-state index contributed by atoms with van der Waals surface area (Å²) in [5.41, 5.74) is 1.13. The number of hydrogen-bond acceptors (Lipinski definition) is 1. The maximum atomic E-state index is 10.2. The molecule has 1 N–H and O–H groups in total. The highest BCUT2D eigenvalue weighted by Gasteiger charge is 2.04. The fourth-order valence-corrected chi connectivity index (χ4v) is 1.07. The first-order valence-corrected chi connectivity index (χ1v) is 3.88. The third-order valence-corrected chi connectivity index (χ3v) is 1.55. The second-order valence-corrected chi connectivity index (χ2v) is 3.20. The lowest BCUT2D eigenvalue weighted by Gasteiger charge is -2.08. The Morgan fingerprint density at radius 2 is 2.18 bits per heavy atom. The lowest BCUT2D eigenvalue weighted by atomic mass is 9.98. The van der Waals surface area contributed by atoms with E-state index in [9.17, 15) is 4.79 Å². The van der Waals surface area contributed by atoms with Crippen LogP contribution in [0.25, 0.3) is 0 Å². The predicted molar refractivity (Wildman–Crippen MR) is 45.5 cm³/mol. The van der Waals surface area contributed by atoms with Crippen molar-refractivity contribution in [2.24, 2.45) is 5.92 Å². The van der Waals surface area contributed by atoms with E-state index >= 15 is 0 Å². The summed E-state index contributed by atoms with van der Waals surface area (Å²) in [6.45, 7) is 7.80. The molecule has 1 unspecified atom stereocenters. The van der Waals surface area contributed by atoms with Crippen molar-refractivity contribution < 1.29 is 9.90 Å². The summed E-state index contributed by atoms with van der Waals surface area (Å²) in [7, 11) is 0. The summed E-state index contributed by atoms with van der Waals surface area (Å²) in [6, 6.07) is 0. The van der Waals surface area contributed by atoms with E-state index < -0.39 is 5.97 Å². The van der Waals surface area contributed by atoms with Gasteiger partial charge in [0.2, 0.25) is 0 Å². The fraction of sp³-hybridized carbons (Fsp3) is 0.667. The van der Waals surface area contributed by atoms with Crippen molar-refractivity contribution in [2.45, 2.75) is 33.1 Å². The molecule has 0 heterocycles. The molecule has 1 atom stereocenters. The first-order chi connectivity index (χ1) is 5.02. The van der Waals surface area contributed by atoms with E-state index in [1.54, 1.807) is 0 Å². The Balaban J connectivity index is 3.44. The number of carboxylic acid groups (broad SMARTS) is 1. The van der Waals surface area contributed by atoms with E-state index in [1.165, 1.54) is 0 Å². The van der Waals surface area contributed by atoms with E-state index in [0.29, 0.717) is 5.92 Å². The van der Waals surface area contributed by atoms with Crippen LogP contribution >= 0.6 is 0 Å². The summed E-state index contributed by atoms with van der Waals surface area (Å²) >= 11 is 0. The second-order valence-electron chi connectivity index (χ2n) is 3.20. The number of aliphatic carboxylic acids is 1. The zero-order valence-corrected chi connectivity index (χ0v) is 7.26. The molecule has 0 aromatic heterocycles. The molecule has 0 aromatic rings. The Hall–Kier alpha value is -0.790. The average Bonchev–Trinajstić information content (AvgIpc) is 1.82. The van der Waals surface area contributed by atoms with E-state index in [2.05, 4.69) is 13.5 Å². The van der Waals surface area contributed by atoms with Crippen LogP contribution in [0.3, 0.4) is 0 Å². The van der Waals surface area contributed by atoms with E-state index in [0.717, 1.165) is 18.4 Å². The normalized spacial score (nSPS) is 12.5. The van der Waals surface area contributed by atoms with Gasteiger partial charge in [0.05, 0.1) is 0 Å². The van der Waals surface area contributed by atoms with Crippen molar-refractivity contribution in [1.82, 2.24) is 0 Å². The van der Waals surface area contributed by atoms with Crippen LogP contribution in [0.1, 0.15) is 33.1 Å². The molecular formula is C9H16O2. The van der Waals surface area contributed by atoms with Crippen molar-refractivity contribution in [3.05, 3.63) is 12.2 Å². The van der Waals surface area contributed by atoms with Gasteiger partial charge in [-0.1, -0.05) is 12.5 Å². The van der Waals surface area contributed by atoms with Gasteiger partial charge in [-0.05, 0) is 25.7 Å². The van der Waals surface area contributed by atoms with Crippen LogP contribution in [-0.2, 0) is 4.79 Å². The van der Waals surface area contributed by atoms with Crippen molar-refractivity contribution >= 4 is 5.97 Å². The lowest BCUT2D eigenvalue weighted by Crippen LogP contribution is -2.01. The van der Waals surface area contributed by atoms with Crippen molar-refractivity contribution in [2.75, 3.05) is 0 Å². The van der Waals surface area contributed by atoms with Gasteiger partial charge < -0.3 is 5.11 Å². The summed E-state index contributed by atoms with van der Waals surface area (Å²) in [5, 5.41) is 8.37. The van der Waals surface area contributed by atoms with Crippen LogP contribution in [0.4, 0.5) is 0 Å². The molecule has 2 heteroatoms. The topological polar surface area (TPSA) is 37.3 Å². The Morgan fingerprint density at radius 3 is 2.55 bits per heavy atom. The second kappa shape index (κ2) is 4.94. The van der Waals surface area contributed by atoms with Gasteiger partial charge in [-0.15, -0.1) is 6.58 Å². The SMILES string of the molecule is C=C(C)CC(C)CCC(=O)O. The highest BCUT2D eigenvalue weighted by Crippen LogP contribution is 2.14. The van der Waals surface area contributed by atoms with Crippen LogP contribution in [0.15, 0.2) is 12.2 Å². The third-order valence-electron chi connectivity index (χ3n) is 1.55. The van der Waals surface area contributed by atoms with Gasteiger partial charge in [-0.3, -0.25) is 4.79 Å². The minimum absolute atomic E-state index is 0.272. The average molecular weight is 156 g/mol. The molecule has 11 heavy (non-hydrogen) atoms. The molecule has 0 spiro atoms. The van der Waals surface area contributed by atoms with Crippen molar-refractivity contribution in [3.63, 3.8) is 0 Å². The zero-order valence-electron chi connectivity index (χ0n) is 7.26. The molecule has 0 bridgehead atoms. The molecule has 0 aliphatic rings. The number of carboxylic acids is 1. The van der Waals surface area contributed by atoms with E-state index in [-0.39, 0.29) is 6.42 Å². The maximum absolute atomic E-state index is 10.2. The number of hydrogen-bond donors (Lipinski definition) is 1. The Labute approximate surface area is 67.9 Å². The van der Waals surface area contributed by atoms with Gasteiger partial charge >= 0.3 is 5.97 Å². The van der Waals surface area contributed by atoms with Crippen LogP contribution < -0.4 is 0 Å². The first kappa shape index (κ1) is 10.2. The first-order valence-electron chi connectivity index (χ1n) is 3.88. The molecule has 0 aromatic carbocycles. The van der Waals surface area contributed by atoms with Gasteiger partial charge in [-0.25, -0.2) is 0 Å². The summed E-state index contributed by atoms with van der Waals surface area (Å²) in [6.07, 6.45) is 1.96. The van der Waals surface area contributed by atoms with E-state index in [1.807, 2.05) is 6.92 Å². The molecular weight excluding hydrogens is 140 g/mol. The quantitative estimate of drug-likeness (QED) is 0.621. The lowest BCUT2D eigenvalue weighted by molar-refractivity contribution is -0.137. The largest absolute Gasteiger partial charge is 0.481 e. The number of allylic oxidation sites excluding steroid dienone is 1. The molecule has 0 rings (SSSR count). The van der Waals surface area contributed by atoms with Gasteiger partial charge in [-0.2, -0.15) is 0 Å². The van der Waals surface area contributed by atoms with Crippen molar-refractivity contribution in [3.8, 4) is 0 Å². The minimum atomic E-state index is -0.710. The zero-order chi connectivity index (χ0) is 8.85. The van der Waals surface area contributed by atoms with Crippen LogP contribution in [0.5, 0.6) is 0 Å². The molecule has 0 saturated carbocycles. The summed E-state index contributed by atoms with van der Waals surface area (Å²) < 4.78 is 0. The summed E-state index contributed by atoms with van der Waals surface area (Å²) in [5.74, 6) is -0.262. The molecule has 64 valence electrons. The summed E-state index contributed by atoms with van der Waals surface area (Å²) in [4.78, 5) is 10.2. The van der Waals surface area contributed by atoms with Gasteiger partial charge in [0.15, 0.2) is 0 Å². The Bertz CT molecular complexity index is 150. The monoisotopic (exact) mass is 156 g/mol. The highest BCUT2D eigenvalue weighted by molar-refractivity contribution is 5.66. The number of rotatable bonds is 5. The van der Waals surface area contributed by atoms with Crippen LogP contribution in [0, 0.1) is 5.92 Å². The van der Waals surface area contributed by atoms with Gasteiger partial charge in [0.1, 0.15) is 0 Å². The minimum Gasteiger partial charge on any atom is -0.481 e. The number of carbonyl (C=O) groups is 1. The van der Waals surface area contributed by atoms with Crippen LogP contribution in [0.2, 0.25) is 0 Å². The molecule has 0 saturated heterocycles. The molecule has 0 amide bonds. The van der Waals surface area contributed by atoms with E-state index in [4.69, 9.17) is 5.11 Å². The molecule has 0 aliphatic heterocycles. The third kappa shape index (κ3) is 7.10.